The fourth-order valence-corrected chi connectivity index (χ4v) is 3.78. The molecule has 0 radical (unpaired) electrons. The lowest BCUT2D eigenvalue weighted by molar-refractivity contribution is -0.116. The van der Waals surface area contributed by atoms with Crippen LogP contribution < -0.4 is 20.1 Å². The Hall–Kier alpha value is -3.10. The third-order valence-electron chi connectivity index (χ3n) is 4.37. The Kier molecular flexibility index (Phi) is 7.49. The SMILES string of the molecule is CCC(=O)Nc1ccc(Cl)c(NC(=O)Cc2csc(-c3ccc(OC)c(OC)c3)n2)c1. The molecule has 2 aromatic carbocycles. The average Bonchev–Trinajstić information content (AvgIpc) is 3.23. The summed E-state index contributed by atoms with van der Waals surface area (Å²) in [6, 6.07) is 10.5. The first kappa shape index (κ1) is 22.6. The van der Waals surface area contributed by atoms with Crippen molar-refractivity contribution in [3.63, 3.8) is 0 Å². The number of ether oxygens (including phenoxy) is 2. The fourth-order valence-electron chi connectivity index (χ4n) is 2.80. The molecule has 3 aromatic rings. The number of thiazole rings is 1. The van der Waals surface area contributed by atoms with Crippen molar-refractivity contribution in [2.75, 3.05) is 24.9 Å². The van der Waals surface area contributed by atoms with E-state index in [1.165, 1.54) is 11.3 Å². The molecule has 31 heavy (non-hydrogen) atoms. The first-order valence-corrected chi connectivity index (χ1v) is 10.7. The lowest BCUT2D eigenvalue weighted by Gasteiger charge is -2.10. The summed E-state index contributed by atoms with van der Waals surface area (Å²) in [6.45, 7) is 1.76. The van der Waals surface area contributed by atoms with E-state index in [-0.39, 0.29) is 18.2 Å². The van der Waals surface area contributed by atoms with Gasteiger partial charge in [0.15, 0.2) is 11.5 Å². The third kappa shape index (κ3) is 5.74. The smallest absolute Gasteiger partial charge is 0.230 e. The highest BCUT2D eigenvalue weighted by molar-refractivity contribution is 7.13. The van der Waals surface area contributed by atoms with Crippen LogP contribution in [-0.2, 0) is 16.0 Å². The van der Waals surface area contributed by atoms with Crippen molar-refractivity contribution >= 4 is 46.1 Å². The van der Waals surface area contributed by atoms with Gasteiger partial charge in [0.1, 0.15) is 5.01 Å². The second-order valence-corrected chi connectivity index (χ2v) is 7.80. The van der Waals surface area contributed by atoms with Gasteiger partial charge in [-0.15, -0.1) is 11.3 Å². The molecule has 0 unspecified atom stereocenters. The highest BCUT2D eigenvalue weighted by Crippen LogP contribution is 2.33. The number of benzene rings is 2. The molecule has 0 aliphatic carbocycles. The summed E-state index contributed by atoms with van der Waals surface area (Å²) >= 11 is 7.63. The minimum atomic E-state index is -0.259. The van der Waals surface area contributed by atoms with Crippen LogP contribution in [0.3, 0.4) is 0 Å². The second-order valence-electron chi connectivity index (χ2n) is 6.54. The molecule has 0 atom stereocenters. The Morgan fingerprint density at radius 3 is 2.52 bits per heavy atom. The number of nitrogens with one attached hydrogen (secondary N) is 2. The number of hydrogen-bond donors (Lipinski definition) is 2. The third-order valence-corrected chi connectivity index (χ3v) is 5.64. The van der Waals surface area contributed by atoms with Gasteiger partial charge in [-0.3, -0.25) is 9.59 Å². The van der Waals surface area contributed by atoms with E-state index >= 15 is 0 Å². The molecule has 1 heterocycles. The number of anilines is 2. The van der Waals surface area contributed by atoms with Gasteiger partial charge in [-0.1, -0.05) is 18.5 Å². The zero-order valence-electron chi connectivity index (χ0n) is 17.3. The van der Waals surface area contributed by atoms with Crippen LogP contribution in [0.25, 0.3) is 10.6 Å². The molecule has 2 amide bonds. The van der Waals surface area contributed by atoms with Crippen LogP contribution in [0.1, 0.15) is 19.0 Å². The first-order chi connectivity index (χ1) is 14.9. The molecule has 0 saturated carbocycles. The van der Waals surface area contributed by atoms with Gasteiger partial charge in [0.25, 0.3) is 0 Å². The number of carbonyl (C=O) groups excluding carboxylic acids is 2. The van der Waals surface area contributed by atoms with E-state index < -0.39 is 0 Å². The number of carbonyl (C=O) groups is 2. The Morgan fingerprint density at radius 2 is 1.81 bits per heavy atom. The van der Waals surface area contributed by atoms with E-state index in [1.807, 2.05) is 23.6 Å². The van der Waals surface area contributed by atoms with E-state index in [1.54, 1.807) is 39.3 Å². The number of rotatable bonds is 8. The van der Waals surface area contributed by atoms with Gasteiger partial charge in [0.2, 0.25) is 11.8 Å². The summed E-state index contributed by atoms with van der Waals surface area (Å²) in [4.78, 5) is 28.7. The molecule has 0 spiro atoms. The monoisotopic (exact) mass is 459 g/mol. The Bertz CT molecular complexity index is 1100. The molecule has 162 valence electrons. The number of methoxy groups -OCH3 is 2. The van der Waals surface area contributed by atoms with Gasteiger partial charge in [0, 0.05) is 23.1 Å². The minimum Gasteiger partial charge on any atom is -0.493 e. The van der Waals surface area contributed by atoms with E-state index in [2.05, 4.69) is 15.6 Å². The van der Waals surface area contributed by atoms with Crippen molar-refractivity contribution in [3.05, 3.63) is 52.5 Å². The average molecular weight is 460 g/mol. The van der Waals surface area contributed by atoms with Crippen LogP contribution in [0.5, 0.6) is 11.5 Å². The molecule has 9 heteroatoms. The summed E-state index contributed by atoms with van der Waals surface area (Å²) in [5.41, 5.74) is 2.50. The highest BCUT2D eigenvalue weighted by atomic mass is 35.5. The molecular weight excluding hydrogens is 438 g/mol. The van der Waals surface area contributed by atoms with Gasteiger partial charge in [0.05, 0.1) is 37.0 Å². The molecule has 0 aliphatic heterocycles. The Labute approximate surface area is 189 Å². The number of aromatic nitrogens is 1. The lowest BCUT2D eigenvalue weighted by Crippen LogP contribution is -2.15. The summed E-state index contributed by atoms with van der Waals surface area (Å²) in [5.74, 6) is 0.866. The summed E-state index contributed by atoms with van der Waals surface area (Å²) < 4.78 is 10.6. The van der Waals surface area contributed by atoms with Crippen LogP contribution in [0.15, 0.2) is 41.8 Å². The van der Waals surface area contributed by atoms with Crippen molar-refractivity contribution < 1.29 is 19.1 Å². The van der Waals surface area contributed by atoms with Crippen LogP contribution >= 0.6 is 22.9 Å². The van der Waals surface area contributed by atoms with Crippen LogP contribution in [0.2, 0.25) is 5.02 Å². The molecule has 3 rings (SSSR count). The van der Waals surface area contributed by atoms with Gasteiger partial charge in [-0.2, -0.15) is 0 Å². The fraction of sp³-hybridized carbons (Fsp3) is 0.227. The van der Waals surface area contributed by atoms with Crippen LogP contribution in [0, 0.1) is 0 Å². The maximum atomic E-state index is 12.5. The van der Waals surface area contributed by atoms with Crippen molar-refractivity contribution in [3.8, 4) is 22.1 Å². The van der Waals surface area contributed by atoms with E-state index in [4.69, 9.17) is 21.1 Å². The number of hydrogen-bond acceptors (Lipinski definition) is 6. The molecule has 7 nitrogen and oxygen atoms in total. The highest BCUT2D eigenvalue weighted by Gasteiger charge is 2.13. The maximum absolute atomic E-state index is 12.5. The second kappa shape index (κ2) is 10.3. The van der Waals surface area contributed by atoms with Gasteiger partial charge in [-0.05, 0) is 36.4 Å². The lowest BCUT2D eigenvalue weighted by atomic mass is 10.2. The number of halogens is 1. The zero-order valence-corrected chi connectivity index (χ0v) is 18.9. The van der Waals surface area contributed by atoms with E-state index in [9.17, 15) is 9.59 Å². The molecule has 0 aliphatic rings. The standard InChI is InChI=1S/C22H22ClN3O4S/c1-4-20(27)24-14-6-7-16(23)17(10-14)26-21(28)11-15-12-31-22(25-15)13-5-8-18(29-2)19(9-13)30-3/h5-10,12H,4,11H2,1-3H3,(H,24,27)(H,26,28). The molecule has 1 aromatic heterocycles. The molecule has 0 bridgehead atoms. The summed E-state index contributed by atoms with van der Waals surface area (Å²) in [7, 11) is 3.16. The van der Waals surface area contributed by atoms with Crippen LogP contribution in [0.4, 0.5) is 11.4 Å². The number of nitrogens with zero attached hydrogens (tertiary/aromatic N) is 1. The molecular formula is C22H22ClN3O4S. The van der Waals surface area contributed by atoms with Crippen molar-refractivity contribution in [2.24, 2.45) is 0 Å². The van der Waals surface area contributed by atoms with Crippen molar-refractivity contribution in [1.29, 1.82) is 0 Å². The van der Waals surface area contributed by atoms with Crippen molar-refractivity contribution in [2.45, 2.75) is 19.8 Å². The van der Waals surface area contributed by atoms with Gasteiger partial charge < -0.3 is 20.1 Å². The number of amides is 2. The first-order valence-electron chi connectivity index (χ1n) is 9.49. The predicted molar refractivity (Wildman–Crippen MR) is 123 cm³/mol. The Balaban J connectivity index is 1.69. The summed E-state index contributed by atoms with van der Waals surface area (Å²) in [5, 5.41) is 8.51. The van der Waals surface area contributed by atoms with E-state index in [0.29, 0.717) is 40.0 Å². The topological polar surface area (TPSA) is 89.6 Å². The quantitative estimate of drug-likeness (QED) is 0.494. The molecule has 0 saturated heterocycles. The van der Waals surface area contributed by atoms with Crippen molar-refractivity contribution in [1.82, 2.24) is 4.98 Å². The van der Waals surface area contributed by atoms with E-state index in [0.717, 1.165) is 10.6 Å². The minimum absolute atomic E-state index is 0.0890. The van der Waals surface area contributed by atoms with Crippen LogP contribution in [-0.4, -0.2) is 31.0 Å². The van der Waals surface area contributed by atoms with Gasteiger partial charge in [-0.25, -0.2) is 4.98 Å². The maximum Gasteiger partial charge on any atom is 0.230 e. The van der Waals surface area contributed by atoms with Gasteiger partial charge >= 0.3 is 0 Å². The zero-order chi connectivity index (χ0) is 22.4. The Morgan fingerprint density at radius 1 is 1.03 bits per heavy atom. The predicted octanol–water partition coefficient (Wildman–Crippen LogP) is 5.01. The molecule has 0 fully saturated rings. The normalized spacial score (nSPS) is 10.5. The largest absolute Gasteiger partial charge is 0.493 e. The summed E-state index contributed by atoms with van der Waals surface area (Å²) in [6.07, 6.45) is 0.447. The molecule has 2 N–H and O–H groups in total.